The quantitative estimate of drug-likeness (QED) is 0.639. The highest BCUT2D eigenvalue weighted by Gasteiger charge is 2.31. The van der Waals surface area contributed by atoms with E-state index in [0.717, 1.165) is 5.69 Å². The molecule has 1 aromatic heterocycles. The van der Waals surface area contributed by atoms with Crippen LogP contribution in [-0.4, -0.2) is 10.4 Å². The van der Waals surface area contributed by atoms with Crippen LogP contribution in [0.3, 0.4) is 0 Å². The van der Waals surface area contributed by atoms with Crippen LogP contribution in [0.1, 0.15) is 35.3 Å². The Kier molecular flexibility index (Phi) is 1.58. The van der Waals surface area contributed by atoms with E-state index in [9.17, 15) is 4.79 Å². The first kappa shape index (κ1) is 8.72. The van der Waals surface area contributed by atoms with E-state index >= 15 is 0 Å². The minimum atomic E-state index is 0.288. The summed E-state index contributed by atoms with van der Waals surface area (Å²) in [7, 11) is 1.98. The third-order valence-corrected chi connectivity index (χ3v) is 3.39. The van der Waals surface area contributed by atoms with E-state index in [1.165, 1.54) is 16.5 Å². The van der Waals surface area contributed by atoms with E-state index in [2.05, 4.69) is 19.1 Å². The predicted molar refractivity (Wildman–Crippen MR) is 60.3 cm³/mol. The van der Waals surface area contributed by atoms with E-state index in [-0.39, 0.29) is 5.78 Å². The van der Waals surface area contributed by atoms with Crippen molar-refractivity contribution < 1.29 is 4.79 Å². The molecule has 0 amide bonds. The zero-order chi connectivity index (χ0) is 10.6. The molecule has 1 atom stereocenters. The Hall–Kier alpha value is -1.57. The maximum atomic E-state index is 11.8. The summed E-state index contributed by atoms with van der Waals surface area (Å²) in [5, 5.41) is 1.24. The van der Waals surface area contributed by atoms with E-state index in [1.807, 2.05) is 23.7 Å². The van der Waals surface area contributed by atoms with Crippen LogP contribution < -0.4 is 0 Å². The first-order chi connectivity index (χ1) is 7.20. The van der Waals surface area contributed by atoms with E-state index in [4.69, 9.17) is 0 Å². The summed E-state index contributed by atoms with van der Waals surface area (Å²) in [6.45, 7) is 2.14. The molecular formula is C13H13NO. The Bertz CT molecular complexity index is 565. The molecule has 0 radical (unpaired) electrons. The Morgan fingerprint density at radius 1 is 1.33 bits per heavy atom. The van der Waals surface area contributed by atoms with Crippen molar-refractivity contribution in [2.24, 2.45) is 7.05 Å². The zero-order valence-electron chi connectivity index (χ0n) is 8.95. The van der Waals surface area contributed by atoms with Gasteiger partial charge in [0.2, 0.25) is 0 Å². The number of fused-ring (bicyclic) bond motifs is 3. The van der Waals surface area contributed by atoms with Crippen LogP contribution in [0.5, 0.6) is 0 Å². The number of rotatable bonds is 0. The van der Waals surface area contributed by atoms with Crippen molar-refractivity contribution in [1.29, 1.82) is 0 Å². The van der Waals surface area contributed by atoms with Gasteiger partial charge in [0, 0.05) is 24.4 Å². The van der Waals surface area contributed by atoms with Crippen LogP contribution in [0.2, 0.25) is 0 Å². The average Bonchev–Trinajstić information content (AvgIpc) is 2.68. The molecule has 0 N–H and O–H groups in total. The third kappa shape index (κ3) is 0.965. The van der Waals surface area contributed by atoms with Gasteiger partial charge in [-0.05, 0) is 17.5 Å². The van der Waals surface area contributed by atoms with Crippen LogP contribution in [0.15, 0.2) is 24.3 Å². The number of ketones is 1. The Morgan fingerprint density at radius 3 is 2.87 bits per heavy atom. The molecule has 1 aliphatic rings. The second-order valence-electron chi connectivity index (χ2n) is 4.37. The number of Topliss-reactive ketones (excluding diaryl/α,β-unsaturated/α-hetero) is 1. The van der Waals surface area contributed by atoms with Gasteiger partial charge in [-0.1, -0.05) is 25.1 Å². The van der Waals surface area contributed by atoms with Crippen molar-refractivity contribution in [3.8, 4) is 0 Å². The van der Waals surface area contributed by atoms with Crippen LogP contribution in [-0.2, 0) is 7.05 Å². The first-order valence-electron chi connectivity index (χ1n) is 5.30. The SMILES string of the molecule is C[C@H]1CC(=O)c2c1c1ccccc1n2C. The lowest BCUT2D eigenvalue weighted by Gasteiger charge is -2.01. The molecule has 76 valence electrons. The third-order valence-electron chi connectivity index (χ3n) is 3.39. The summed E-state index contributed by atoms with van der Waals surface area (Å²) in [4.78, 5) is 11.8. The van der Waals surface area contributed by atoms with Crippen LogP contribution in [0, 0.1) is 0 Å². The number of nitrogens with zero attached hydrogens (tertiary/aromatic N) is 1. The van der Waals surface area contributed by atoms with Gasteiger partial charge in [-0.3, -0.25) is 4.79 Å². The Morgan fingerprint density at radius 2 is 2.07 bits per heavy atom. The topological polar surface area (TPSA) is 22.0 Å². The van der Waals surface area contributed by atoms with E-state index in [0.29, 0.717) is 12.3 Å². The second kappa shape index (κ2) is 2.72. The van der Waals surface area contributed by atoms with E-state index in [1.54, 1.807) is 0 Å². The minimum absolute atomic E-state index is 0.288. The summed E-state index contributed by atoms with van der Waals surface area (Å²) < 4.78 is 2.04. The van der Waals surface area contributed by atoms with Gasteiger partial charge < -0.3 is 4.57 Å². The molecule has 0 fully saturated rings. The maximum absolute atomic E-state index is 11.8. The molecule has 2 nitrogen and oxygen atoms in total. The van der Waals surface area contributed by atoms with Gasteiger partial charge in [0.05, 0.1) is 5.69 Å². The van der Waals surface area contributed by atoms with Crippen molar-refractivity contribution >= 4 is 16.7 Å². The summed E-state index contributed by atoms with van der Waals surface area (Å²) >= 11 is 0. The monoisotopic (exact) mass is 199 g/mol. The molecule has 2 heteroatoms. The smallest absolute Gasteiger partial charge is 0.180 e. The molecule has 0 aliphatic heterocycles. The van der Waals surface area contributed by atoms with Gasteiger partial charge in [-0.2, -0.15) is 0 Å². The second-order valence-corrected chi connectivity index (χ2v) is 4.37. The predicted octanol–water partition coefficient (Wildman–Crippen LogP) is 2.87. The zero-order valence-corrected chi connectivity index (χ0v) is 8.95. The minimum Gasteiger partial charge on any atom is -0.341 e. The number of hydrogen-bond acceptors (Lipinski definition) is 1. The molecule has 15 heavy (non-hydrogen) atoms. The first-order valence-corrected chi connectivity index (χ1v) is 5.30. The summed E-state index contributed by atoms with van der Waals surface area (Å²) in [6.07, 6.45) is 0.670. The van der Waals surface area contributed by atoms with Crippen molar-refractivity contribution in [2.45, 2.75) is 19.3 Å². The van der Waals surface area contributed by atoms with Gasteiger partial charge in [0.25, 0.3) is 0 Å². The molecular weight excluding hydrogens is 186 g/mol. The fourth-order valence-electron chi connectivity index (χ4n) is 2.74. The standard InChI is InChI=1S/C13H13NO/c1-8-7-11(15)13-12(8)9-5-3-4-6-10(9)14(13)2/h3-6,8H,7H2,1-2H3/t8-/m0/s1. The van der Waals surface area contributed by atoms with Gasteiger partial charge in [0.1, 0.15) is 0 Å². The molecule has 0 saturated heterocycles. The maximum Gasteiger partial charge on any atom is 0.180 e. The number of aromatic nitrogens is 1. The fourth-order valence-corrected chi connectivity index (χ4v) is 2.74. The fraction of sp³-hybridized carbons (Fsp3) is 0.308. The van der Waals surface area contributed by atoms with Gasteiger partial charge in [0.15, 0.2) is 5.78 Å². The van der Waals surface area contributed by atoms with Crippen LogP contribution in [0.4, 0.5) is 0 Å². The van der Waals surface area contributed by atoms with E-state index < -0.39 is 0 Å². The number of benzene rings is 1. The number of carbonyl (C=O) groups excluding carboxylic acids is 1. The molecule has 1 heterocycles. The van der Waals surface area contributed by atoms with Crippen molar-refractivity contribution in [3.05, 3.63) is 35.5 Å². The van der Waals surface area contributed by atoms with Gasteiger partial charge in [-0.15, -0.1) is 0 Å². The largest absolute Gasteiger partial charge is 0.341 e. The van der Waals surface area contributed by atoms with Crippen molar-refractivity contribution in [1.82, 2.24) is 4.57 Å². The number of carbonyl (C=O) groups is 1. The molecule has 2 aromatic rings. The van der Waals surface area contributed by atoms with Gasteiger partial charge >= 0.3 is 0 Å². The molecule has 0 saturated carbocycles. The highest BCUT2D eigenvalue weighted by molar-refractivity contribution is 6.06. The molecule has 0 spiro atoms. The number of aryl methyl sites for hydroxylation is 1. The average molecular weight is 199 g/mol. The van der Waals surface area contributed by atoms with Crippen LogP contribution in [0.25, 0.3) is 10.9 Å². The lowest BCUT2D eigenvalue weighted by Crippen LogP contribution is -2.01. The van der Waals surface area contributed by atoms with Crippen LogP contribution >= 0.6 is 0 Å². The Labute approximate surface area is 88.5 Å². The van der Waals surface area contributed by atoms with Crippen molar-refractivity contribution in [2.75, 3.05) is 0 Å². The highest BCUT2D eigenvalue weighted by atomic mass is 16.1. The Balaban J connectivity index is 2.50. The summed E-state index contributed by atoms with van der Waals surface area (Å²) in [5.74, 6) is 0.662. The summed E-state index contributed by atoms with van der Waals surface area (Å²) in [5.41, 5.74) is 3.34. The number of para-hydroxylation sites is 1. The normalized spacial score (nSPS) is 19.9. The van der Waals surface area contributed by atoms with Crippen molar-refractivity contribution in [3.63, 3.8) is 0 Å². The lowest BCUT2D eigenvalue weighted by molar-refractivity contribution is 0.0983. The highest BCUT2D eigenvalue weighted by Crippen LogP contribution is 2.39. The molecule has 3 rings (SSSR count). The molecule has 0 bridgehead atoms. The number of hydrogen-bond donors (Lipinski definition) is 0. The molecule has 1 aromatic carbocycles. The molecule has 1 aliphatic carbocycles. The van der Waals surface area contributed by atoms with Gasteiger partial charge in [-0.25, -0.2) is 0 Å². The lowest BCUT2D eigenvalue weighted by atomic mass is 10.0. The molecule has 0 unspecified atom stereocenters. The summed E-state index contributed by atoms with van der Waals surface area (Å²) in [6, 6.07) is 8.25.